The third kappa shape index (κ3) is 2.08. The van der Waals surface area contributed by atoms with Gasteiger partial charge in [-0.2, -0.15) is 4.98 Å². The molecule has 0 aliphatic heterocycles. The summed E-state index contributed by atoms with van der Waals surface area (Å²) in [5, 5.41) is 17.2. The Bertz CT molecular complexity index is 514. The number of hydrogen-bond donors (Lipinski definition) is 1. The molecule has 0 fully saturated rings. The van der Waals surface area contributed by atoms with Crippen molar-refractivity contribution in [2.75, 3.05) is 0 Å². The minimum atomic E-state index is 0.0457. The van der Waals surface area contributed by atoms with E-state index in [1.54, 1.807) is 18.2 Å². The Morgan fingerprint density at radius 3 is 2.50 bits per heavy atom. The number of benzene rings is 1. The van der Waals surface area contributed by atoms with Gasteiger partial charge in [-0.1, -0.05) is 17.2 Å². The lowest BCUT2D eigenvalue weighted by Gasteiger charge is -2.05. The fourth-order valence-corrected chi connectivity index (χ4v) is 1.12. The van der Waals surface area contributed by atoms with Gasteiger partial charge in [0.15, 0.2) is 11.5 Å². The van der Waals surface area contributed by atoms with Crippen molar-refractivity contribution in [1.29, 1.82) is 0 Å². The molecule has 0 amide bonds. The van der Waals surface area contributed by atoms with Crippen molar-refractivity contribution in [2.45, 2.75) is 13.8 Å². The second kappa shape index (κ2) is 4.14. The van der Waals surface area contributed by atoms with Crippen LogP contribution in [0.25, 0.3) is 0 Å². The van der Waals surface area contributed by atoms with E-state index in [0.29, 0.717) is 5.75 Å². The third-order valence-corrected chi connectivity index (χ3v) is 2.14. The lowest BCUT2D eigenvalue weighted by atomic mass is 10.3. The van der Waals surface area contributed by atoms with Crippen LogP contribution in [0.5, 0.6) is 17.5 Å². The molecule has 5 heteroatoms. The summed E-state index contributed by atoms with van der Waals surface area (Å²) in [7, 11) is 0. The molecule has 0 radical (unpaired) electrons. The number of ether oxygens (including phenoxy) is 1. The number of rotatable bonds is 2. The van der Waals surface area contributed by atoms with Crippen LogP contribution in [-0.2, 0) is 0 Å². The van der Waals surface area contributed by atoms with Crippen LogP contribution in [0.3, 0.4) is 0 Å². The Kier molecular flexibility index (Phi) is 2.68. The molecule has 0 aliphatic rings. The van der Waals surface area contributed by atoms with E-state index in [2.05, 4.69) is 15.2 Å². The van der Waals surface area contributed by atoms with Gasteiger partial charge in [-0.05, 0) is 26.0 Å². The van der Waals surface area contributed by atoms with Crippen molar-refractivity contribution in [2.24, 2.45) is 0 Å². The molecule has 1 N–H and O–H groups in total. The minimum absolute atomic E-state index is 0.0457. The van der Waals surface area contributed by atoms with Crippen LogP contribution in [0.2, 0.25) is 0 Å². The van der Waals surface area contributed by atoms with Crippen LogP contribution < -0.4 is 4.74 Å². The molecule has 2 aromatic rings. The van der Waals surface area contributed by atoms with Gasteiger partial charge < -0.3 is 9.84 Å². The van der Waals surface area contributed by atoms with Gasteiger partial charge in [0.1, 0.15) is 0 Å². The van der Waals surface area contributed by atoms with Gasteiger partial charge in [0.05, 0.1) is 11.4 Å². The van der Waals surface area contributed by atoms with Crippen molar-refractivity contribution in [3.63, 3.8) is 0 Å². The van der Waals surface area contributed by atoms with Gasteiger partial charge in [-0.3, -0.25) is 0 Å². The Morgan fingerprint density at radius 2 is 1.81 bits per heavy atom. The monoisotopic (exact) mass is 217 g/mol. The second-order valence-electron chi connectivity index (χ2n) is 3.33. The van der Waals surface area contributed by atoms with Crippen molar-refractivity contribution >= 4 is 0 Å². The molecule has 5 nitrogen and oxygen atoms in total. The molecule has 0 spiro atoms. The van der Waals surface area contributed by atoms with E-state index in [4.69, 9.17) is 4.74 Å². The quantitative estimate of drug-likeness (QED) is 0.833. The number of nitrogens with zero attached hydrogens (tertiary/aromatic N) is 3. The molecule has 1 aromatic carbocycles. The highest BCUT2D eigenvalue weighted by Gasteiger charge is 2.06. The van der Waals surface area contributed by atoms with Crippen LogP contribution in [0, 0.1) is 13.8 Å². The van der Waals surface area contributed by atoms with E-state index in [9.17, 15) is 5.11 Å². The van der Waals surface area contributed by atoms with Gasteiger partial charge in [0.2, 0.25) is 0 Å². The maximum atomic E-state index is 9.49. The summed E-state index contributed by atoms with van der Waals surface area (Å²) in [6, 6.07) is 6.76. The second-order valence-corrected chi connectivity index (χ2v) is 3.33. The summed E-state index contributed by atoms with van der Waals surface area (Å²) in [5.74, 6) is 0.358. The van der Waals surface area contributed by atoms with E-state index in [0.717, 1.165) is 11.4 Å². The van der Waals surface area contributed by atoms with Gasteiger partial charge >= 0.3 is 6.01 Å². The first-order chi connectivity index (χ1) is 7.66. The first-order valence-corrected chi connectivity index (χ1v) is 4.80. The molecule has 2 rings (SSSR count). The highest BCUT2D eigenvalue weighted by molar-refractivity contribution is 5.39. The maximum absolute atomic E-state index is 9.49. The molecule has 82 valence electrons. The number of aryl methyl sites for hydroxylation is 2. The van der Waals surface area contributed by atoms with Crippen molar-refractivity contribution < 1.29 is 9.84 Å². The number of aromatic hydroxyl groups is 1. The molecule has 0 saturated heterocycles. The number of aromatic nitrogens is 3. The molecule has 1 heterocycles. The van der Waals surface area contributed by atoms with E-state index < -0.39 is 0 Å². The van der Waals surface area contributed by atoms with Gasteiger partial charge in [0, 0.05) is 0 Å². The van der Waals surface area contributed by atoms with Crippen LogP contribution >= 0.6 is 0 Å². The Morgan fingerprint density at radius 1 is 1.06 bits per heavy atom. The fourth-order valence-electron chi connectivity index (χ4n) is 1.12. The van der Waals surface area contributed by atoms with Crippen LogP contribution in [0.15, 0.2) is 24.3 Å². The summed E-state index contributed by atoms with van der Waals surface area (Å²) in [4.78, 5) is 4.10. The standard InChI is InChI=1S/C11H11N3O2/c1-7-8(2)13-14-11(12-7)16-10-6-4-3-5-9(10)15/h3-6,15H,1-2H3. The van der Waals surface area contributed by atoms with Gasteiger partial charge in [0.25, 0.3) is 0 Å². The van der Waals surface area contributed by atoms with Crippen LogP contribution in [0.1, 0.15) is 11.4 Å². The zero-order valence-corrected chi connectivity index (χ0v) is 9.01. The SMILES string of the molecule is Cc1nnc(Oc2ccccc2O)nc1C. The molecule has 0 atom stereocenters. The summed E-state index contributed by atoms with van der Waals surface area (Å²) in [6.07, 6.45) is 0. The Labute approximate surface area is 92.8 Å². The molecule has 1 aromatic heterocycles. The van der Waals surface area contributed by atoms with Crippen LogP contribution in [0.4, 0.5) is 0 Å². The lowest BCUT2D eigenvalue weighted by molar-refractivity contribution is 0.386. The molecule has 0 saturated carbocycles. The van der Waals surface area contributed by atoms with Crippen LogP contribution in [-0.4, -0.2) is 20.3 Å². The minimum Gasteiger partial charge on any atom is -0.504 e. The number of phenolic OH excluding ortho intramolecular Hbond substituents is 1. The molecule has 0 aliphatic carbocycles. The summed E-state index contributed by atoms with van der Waals surface area (Å²) in [5.41, 5.74) is 1.50. The normalized spacial score (nSPS) is 10.1. The van der Waals surface area contributed by atoms with E-state index in [1.807, 2.05) is 13.8 Å². The van der Waals surface area contributed by atoms with Gasteiger partial charge in [-0.15, -0.1) is 5.10 Å². The highest BCUT2D eigenvalue weighted by atomic mass is 16.5. The largest absolute Gasteiger partial charge is 0.504 e. The smallest absolute Gasteiger partial charge is 0.341 e. The zero-order chi connectivity index (χ0) is 11.5. The molecular formula is C11H11N3O2. The molecule has 0 unspecified atom stereocenters. The first kappa shape index (κ1) is 10.4. The predicted octanol–water partition coefficient (Wildman–Crippen LogP) is 1.99. The zero-order valence-electron chi connectivity index (χ0n) is 9.01. The van der Waals surface area contributed by atoms with E-state index in [1.165, 1.54) is 6.07 Å². The molecule has 16 heavy (non-hydrogen) atoms. The average molecular weight is 217 g/mol. The van der Waals surface area contributed by atoms with E-state index >= 15 is 0 Å². The van der Waals surface area contributed by atoms with E-state index in [-0.39, 0.29) is 11.8 Å². The van der Waals surface area contributed by atoms with Crippen molar-refractivity contribution in [3.8, 4) is 17.5 Å². The number of para-hydroxylation sites is 2. The van der Waals surface area contributed by atoms with Crippen molar-refractivity contribution in [3.05, 3.63) is 35.7 Å². The van der Waals surface area contributed by atoms with Crippen molar-refractivity contribution in [1.82, 2.24) is 15.2 Å². The average Bonchev–Trinajstić information content (AvgIpc) is 2.27. The first-order valence-electron chi connectivity index (χ1n) is 4.80. The predicted molar refractivity (Wildman–Crippen MR) is 57.5 cm³/mol. The molecule has 0 bridgehead atoms. The lowest BCUT2D eigenvalue weighted by Crippen LogP contribution is -1.99. The topological polar surface area (TPSA) is 68.1 Å². The highest BCUT2D eigenvalue weighted by Crippen LogP contribution is 2.27. The van der Waals surface area contributed by atoms with Gasteiger partial charge in [-0.25, -0.2) is 0 Å². The number of phenols is 1. The summed E-state index contributed by atoms with van der Waals surface area (Å²) >= 11 is 0. The number of hydrogen-bond acceptors (Lipinski definition) is 5. The Balaban J connectivity index is 2.28. The maximum Gasteiger partial charge on any atom is 0.341 e. The Hall–Kier alpha value is -2.17. The summed E-state index contributed by atoms with van der Waals surface area (Å²) < 4.78 is 5.31. The third-order valence-electron chi connectivity index (χ3n) is 2.14. The fraction of sp³-hybridized carbons (Fsp3) is 0.182. The summed E-state index contributed by atoms with van der Waals surface area (Å²) in [6.45, 7) is 3.64. The molecular weight excluding hydrogens is 206 g/mol.